The zero-order valence-corrected chi connectivity index (χ0v) is 12.1. The molecule has 0 radical (unpaired) electrons. The molecule has 2 rings (SSSR count). The van der Waals surface area contributed by atoms with Crippen LogP contribution < -0.4 is 4.74 Å². The summed E-state index contributed by atoms with van der Waals surface area (Å²) in [5, 5.41) is -0.173. The number of para-hydroxylation sites is 1. The van der Waals surface area contributed by atoms with Crippen molar-refractivity contribution in [2.24, 2.45) is 5.41 Å². The van der Waals surface area contributed by atoms with Crippen molar-refractivity contribution < 1.29 is 17.9 Å². The van der Waals surface area contributed by atoms with E-state index in [0.29, 0.717) is 12.0 Å². The summed E-state index contributed by atoms with van der Waals surface area (Å²) in [4.78, 5) is 0. The first kappa shape index (κ1) is 15.2. The number of allylic oxidation sites excluding steroid dienone is 2. The number of hydrogen-bond donors (Lipinski definition) is 0. The molecule has 1 atom stereocenters. The molecule has 1 aliphatic carbocycles. The lowest BCUT2D eigenvalue weighted by atomic mass is 9.75. The second-order valence-corrected chi connectivity index (χ2v) is 6.36. The number of ether oxygens (including phenoxy) is 1. The van der Waals surface area contributed by atoms with Crippen LogP contribution in [0.3, 0.4) is 0 Å². The van der Waals surface area contributed by atoms with Crippen molar-refractivity contribution >= 4 is 17.2 Å². The zero-order valence-electron chi connectivity index (χ0n) is 11.3. The van der Waals surface area contributed by atoms with Gasteiger partial charge in [-0.05, 0) is 29.9 Å². The van der Waals surface area contributed by atoms with Gasteiger partial charge in [-0.2, -0.15) is 0 Å². The summed E-state index contributed by atoms with van der Waals surface area (Å²) in [5.41, 5.74) is 1.23. The SMILES string of the molecule is CC1(C)CC(c2ccccc2OC(F)(F)F)=CC(Cl)C1. The van der Waals surface area contributed by atoms with E-state index in [1.54, 1.807) is 12.1 Å². The molecule has 0 bridgehead atoms. The van der Waals surface area contributed by atoms with E-state index in [-0.39, 0.29) is 16.5 Å². The lowest BCUT2D eigenvalue weighted by Crippen LogP contribution is -2.22. The maximum atomic E-state index is 12.4. The van der Waals surface area contributed by atoms with Gasteiger partial charge in [-0.3, -0.25) is 0 Å². The highest BCUT2D eigenvalue weighted by atomic mass is 35.5. The Kier molecular flexibility index (Phi) is 4.05. The van der Waals surface area contributed by atoms with Gasteiger partial charge in [0.25, 0.3) is 0 Å². The minimum atomic E-state index is -4.69. The minimum absolute atomic E-state index is 0.0398. The van der Waals surface area contributed by atoms with Crippen LogP contribution in [0, 0.1) is 5.41 Å². The number of hydrogen-bond acceptors (Lipinski definition) is 1. The summed E-state index contributed by atoms with van der Waals surface area (Å²) < 4.78 is 41.5. The van der Waals surface area contributed by atoms with Gasteiger partial charge in [-0.25, -0.2) is 0 Å². The lowest BCUT2D eigenvalue weighted by Gasteiger charge is -2.33. The molecule has 0 heterocycles. The summed E-state index contributed by atoms with van der Waals surface area (Å²) in [6, 6.07) is 6.19. The zero-order chi connectivity index (χ0) is 15.0. The molecule has 1 nitrogen and oxygen atoms in total. The van der Waals surface area contributed by atoms with Crippen LogP contribution in [0.5, 0.6) is 5.75 Å². The molecule has 20 heavy (non-hydrogen) atoms. The fourth-order valence-electron chi connectivity index (χ4n) is 2.58. The second kappa shape index (κ2) is 5.32. The van der Waals surface area contributed by atoms with E-state index >= 15 is 0 Å². The quantitative estimate of drug-likeness (QED) is 0.665. The van der Waals surface area contributed by atoms with Crippen molar-refractivity contribution in [1.82, 2.24) is 0 Å². The average molecular weight is 305 g/mol. The molecule has 1 aromatic rings. The van der Waals surface area contributed by atoms with Crippen molar-refractivity contribution in [3.63, 3.8) is 0 Å². The Hall–Kier alpha value is -1.16. The van der Waals surface area contributed by atoms with Gasteiger partial charge in [0, 0.05) is 5.56 Å². The molecule has 1 aromatic carbocycles. The highest BCUT2D eigenvalue weighted by Gasteiger charge is 2.34. The normalized spacial score (nSPS) is 22.3. The van der Waals surface area contributed by atoms with Crippen LogP contribution in [0.15, 0.2) is 30.3 Å². The standard InChI is InChI=1S/C15H16ClF3O/c1-14(2)8-10(7-11(16)9-14)12-5-3-4-6-13(12)20-15(17,18)19/h3-7,11H,8-9H2,1-2H3. The molecule has 0 saturated heterocycles. The Morgan fingerprint density at radius 3 is 2.50 bits per heavy atom. The fraction of sp³-hybridized carbons (Fsp3) is 0.467. The van der Waals surface area contributed by atoms with E-state index in [2.05, 4.69) is 18.6 Å². The van der Waals surface area contributed by atoms with Crippen molar-refractivity contribution in [2.75, 3.05) is 0 Å². The molecule has 1 unspecified atom stereocenters. The first-order valence-electron chi connectivity index (χ1n) is 6.36. The van der Waals surface area contributed by atoms with E-state index in [0.717, 1.165) is 12.0 Å². The first-order valence-corrected chi connectivity index (χ1v) is 6.80. The van der Waals surface area contributed by atoms with E-state index in [9.17, 15) is 13.2 Å². The van der Waals surface area contributed by atoms with Crippen LogP contribution in [0.25, 0.3) is 5.57 Å². The van der Waals surface area contributed by atoms with Crippen LogP contribution in [-0.2, 0) is 0 Å². The van der Waals surface area contributed by atoms with E-state index in [4.69, 9.17) is 11.6 Å². The Labute approximate surface area is 121 Å². The summed E-state index contributed by atoms with van der Waals surface area (Å²) in [5.74, 6) is -0.173. The molecule has 5 heteroatoms. The molecular formula is C15H16ClF3O. The van der Waals surface area contributed by atoms with Gasteiger partial charge in [0.2, 0.25) is 0 Å². The number of halogens is 4. The Bertz CT molecular complexity index is 520. The highest BCUT2D eigenvalue weighted by Crippen LogP contribution is 2.43. The third kappa shape index (κ3) is 3.92. The maximum absolute atomic E-state index is 12.4. The molecule has 0 amide bonds. The third-order valence-electron chi connectivity index (χ3n) is 3.26. The van der Waals surface area contributed by atoms with Crippen LogP contribution in [-0.4, -0.2) is 11.7 Å². The van der Waals surface area contributed by atoms with E-state index < -0.39 is 6.36 Å². The van der Waals surface area contributed by atoms with Crippen LogP contribution in [0.4, 0.5) is 13.2 Å². The average Bonchev–Trinajstić information content (AvgIpc) is 2.24. The van der Waals surface area contributed by atoms with Crippen molar-refractivity contribution in [2.45, 2.75) is 38.4 Å². The molecule has 0 spiro atoms. The minimum Gasteiger partial charge on any atom is -0.405 e. The molecule has 0 aromatic heterocycles. The second-order valence-electron chi connectivity index (χ2n) is 5.80. The molecule has 110 valence electrons. The van der Waals surface area contributed by atoms with Gasteiger partial charge in [-0.15, -0.1) is 24.8 Å². The highest BCUT2D eigenvalue weighted by molar-refractivity contribution is 6.22. The summed E-state index contributed by atoms with van der Waals surface area (Å²) >= 11 is 6.19. The lowest BCUT2D eigenvalue weighted by molar-refractivity contribution is -0.274. The Morgan fingerprint density at radius 1 is 1.25 bits per heavy atom. The van der Waals surface area contributed by atoms with Crippen LogP contribution in [0.1, 0.15) is 32.3 Å². The maximum Gasteiger partial charge on any atom is 0.573 e. The fourth-order valence-corrected chi connectivity index (χ4v) is 3.15. The van der Waals surface area contributed by atoms with E-state index in [1.807, 2.05) is 6.08 Å². The van der Waals surface area contributed by atoms with Gasteiger partial charge in [0.1, 0.15) is 5.75 Å². The number of alkyl halides is 4. The Morgan fingerprint density at radius 2 is 1.90 bits per heavy atom. The molecule has 0 aliphatic heterocycles. The first-order chi connectivity index (χ1) is 9.16. The van der Waals surface area contributed by atoms with Crippen LogP contribution in [0.2, 0.25) is 0 Å². The largest absolute Gasteiger partial charge is 0.573 e. The van der Waals surface area contributed by atoms with Crippen molar-refractivity contribution in [1.29, 1.82) is 0 Å². The predicted molar refractivity (Wildman–Crippen MR) is 73.8 cm³/mol. The number of benzene rings is 1. The van der Waals surface area contributed by atoms with E-state index in [1.165, 1.54) is 12.1 Å². The van der Waals surface area contributed by atoms with Gasteiger partial charge in [0.05, 0.1) is 5.38 Å². The molecule has 0 N–H and O–H groups in total. The van der Waals surface area contributed by atoms with Crippen molar-refractivity contribution in [3.8, 4) is 5.75 Å². The molecule has 1 aliphatic rings. The number of rotatable bonds is 2. The summed E-state index contributed by atoms with van der Waals surface area (Å²) in [6.45, 7) is 4.12. The van der Waals surface area contributed by atoms with Gasteiger partial charge in [0.15, 0.2) is 0 Å². The monoisotopic (exact) mass is 304 g/mol. The Balaban J connectivity index is 2.38. The summed E-state index contributed by atoms with van der Waals surface area (Å²) in [7, 11) is 0. The smallest absolute Gasteiger partial charge is 0.405 e. The van der Waals surface area contributed by atoms with Gasteiger partial charge >= 0.3 is 6.36 Å². The van der Waals surface area contributed by atoms with Crippen molar-refractivity contribution in [3.05, 3.63) is 35.9 Å². The predicted octanol–water partition coefficient (Wildman–Crippen LogP) is 5.40. The summed E-state index contributed by atoms with van der Waals surface area (Å²) in [6.07, 6.45) is -1.39. The molecular weight excluding hydrogens is 289 g/mol. The van der Waals surface area contributed by atoms with Crippen LogP contribution >= 0.6 is 11.6 Å². The molecule has 0 saturated carbocycles. The third-order valence-corrected chi connectivity index (χ3v) is 3.54. The topological polar surface area (TPSA) is 9.23 Å². The molecule has 0 fully saturated rings. The van der Waals surface area contributed by atoms with Gasteiger partial charge in [-0.1, -0.05) is 38.1 Å². The van der Waals surface area contributed by atoms with Gasteiger partial charge < -0.3 is 4.74 Å².